The molecule has 31 heavy (non-hydrogen) atoms. The molecule has 0 bridgehead atoms. The van der Waals surface area contributed by atoms with Crippen LogP contribution in [0.3, 0.4) is 0 Å². The molecule has 0 unspecified atom stereocenters. The molecule has 3 aromatic rings. The zero-order chi connectivity index (χ0) is 21.0. The van der Waals surface area contributed by atoms with Crippen molar-refractivity contribution < 1.29 is 4.39 Å². The average molecular weight is 439 g/mol. The van der Waals surface area contributed by atoms with Crippen molar-refractivity contribution in [3.05, 3.63) is 42.3 Å². The molecular formula is C23H27FN6S. The number of aromatic nitrogens is 3. The largest absolute Gasteiger partial charge is 0.351 e. The molecule has 0 amide bonds. The second-order valence-electron chi connectivity index (χ2n) is 8.14. The van der Waals surface area contributed by atoms with Gasteiger partial charge in [0.2, 0.25) is 5.95 Å². The van der Waals surface area contributed by atoms with Crippen molar-refractivity contribution in [1.82, 2.24) is 20.3 Å². The van der Waals surface area contributed by atoms with E-state index in [1.54, 1.807) is 29.7 Å². The van der Waals surface area contributed by atoms with E-state index >= 15 is 0 Å². The van der Waals surface area contributed by atoms with Gasteiger partial charge in [-0.15, -0.1) is 0 Å². The van der Waals surface area contributed by atoms with E-state index in [1.165, 1.54) is 25.3 Å². The highest BCUT2D eigenvalue weighted by molar-refractivity contribution is 7.19. The smallest absolute Gasteiger partial charge is 0.223 e. The van der Waals surface area contributed by atoms with Crippen molar-refractivity contribution in [3.63, 3.8) is 0 Å². The molecule has 1 aliphatic heterocycles. The van der Waals surface area contributed by atoms with Gasteiger partial charge in [0.1, 0.15) is 5.82 Å². The van der Waals surface area contributed by atoms with Crippen LogP contribution in [0.4, 0.5) is 15.5 Å². The van der Waals surface area contributed by atoms with Crippen molar-refractivity contribution in [3.8, 4) is 21.8 Å². The van der Waals surface area contributed by atoms with Crippen LogP contribution in [0.15, 0.2) is 36.5 Å². The molecule has 5 rings (SSSR count). The summed E-state index contributed by atoms with van der Waals surface area (Å²) in [4.78, 5) is 17.3. The molecule has 3 heterocycles. The summed E-state index contributed by atoms with van der Waals surface area (Å²) in [5, 5.41) is 7.78. The van der Waals surface area contributed by atoms with Gasteiger partial charge < -0.3 is 15.5 Å². The molecule has 2 fully saturated rings. The first-order valence-electron chi connectivity index (χ1n) is 11.1. The molecule has 8 heteroatoms. The molecule has 6 nitrogen and oxygen atoms in total. The normalized spacial score (nSPS) is 17.6. The van der Waals surface area contributed by atoms with Gasteiger partial charge in [0.05, 0.1) is 16.3 Å². The number of hydrogen-bond acceptors (Lipinski definition) is 7. The van der Waals surface area contributed by atoms with Gasteiger partial charge in [-0.1, -0.05) is 42.7 Å². The molecule has 2 N–H and O–H groups in total. The number of thiazole rings is 1. The zero-order valence-corrected chi connectivity index (χ0v) is 18.3. The van der Waals surface area contributed by atoms with Crippen LogP contribution in [-0.2, 0) is 0 Å². The minimum atomic E-state index is -0.268. The van der Waals surface area contributed by atoms with Crippen molar-refractivity contribution in [1.29, 1.82) is 0 Å². The third-order valence-corrected chi connectivity index (χ3v) is 7.10. The Hall–Kier alpha value is -2.58. The Kier molecular flexibility index (Phi) is 6.08. The molecule has 1 aromatic carbocycles. The van der Waals surface area contributed by atoms with Gasteiger partial charge in [-0.3, -0.25) is 0 Å². The third kappa shape index (κ3) is 4.55. The molecule has 1 saturated heterocycles. The van der Waals surface area contributed by atoms with Crippen LogP contribution in [0.5, 0.6) is 0 Å². The zero-order valence-electron chi connectivity index (χ0n) is 17.5. The van der Waals surface area contributed by atoms with E-state index in [2.05, 4.69) is 20.5 Å². The van der Waals surface area contributed by atoms with Gasteiger partial charge in [-0.05, 0) is 31.0 Å². The number of nitrogens with one attached hydrogen (secondary N) is 2. The first-order chi connectivity index (χ1) is 15.3. The van der Waals surface area contributed by atoms with E-state index in [1.807, 2.05) is 12.1 Å². The molecule has 2 aromatic heterocycles. The van der Waals surface area contributed by atoms with E-state index < -0.39 is 0 Å². The molecule has 0 spiro atoms. The van der Waals surface area contributed by atoms with Gasteiger partial charge >= 0.3 is 0 Å². The van der Waals surface area contributed by atoms with E-state index in [0.717, 1.165) is 54.7 Å². The quantitative estimate of drug-likeness (QED) is 0.609. The maximum atomic E-state index is 14.7. The number of anilines is 2. The van der Waals surface area contributed by atoms with Crippen molar-refractivity contribution >= 4 is 22.4 Å². The van der Waals surface area contributed by atoms with Gasteiger partial charge in [0.15, 0.2) is 5.13 Å². The summed E-state index contributed by atoms with van der Waals surface area (Å²) in [6.07, 6.45) is 7.89. The summed E-state index contributed by atoms with van der Waals surface area (Å²) in [5.74, 6) is 0.372. The first-order valence-corrected chi connectivity index (χ1v) is 11.9. The summed E-state index contributed by atoms with van der Waals surface area (Å²) < 4.78 is 14.7. The van der Waals surface area contributed by atoms with Crippen LogP contribution in [0.2, 0.25) is 0 Å². The van der Waals surface area contributed by atoms with E-state index in [-0.39, 0.29) is 5.82 Å². The van der Waals surface area contributed by atoms with Gasteiger partial charge in [-0.2, -0.15) is 0 Å². The van der Waals surface area contributed by atoms with Crippen molar-refractivity contribution in [2.75, 3.05) is 36.4 Å². The second kappa shape index (κ2) is 9.28. The van der Waals surface area contributed by atoms with E-state index in [9.17, 15) is 4.39 Å². The Morgan fingerprint density at radius 3 is 2.65 bits per heavy atom. The standard InChI is InChI=1S/C23H27FN6S/c24-18-9-5-4-8-17(18)20-21(31-23(29-20)30-14-12-25-13-15-30)19-10-11-26-22(28-19)27-16-6-2-1-3-7-16/h4-5,8-11,16,25H,1-3,6-7,12-15H2,(H,26,27,28). The number of hydrogen-bond donors (Lipinski definition) is 2. The fourth-order valence-corrected chi connectivity index (χ4v) is 5.40. The molecular weight excluding hydrogens is 411 g/mol. The lowest BCUT2D eigenvalue weighted by atomic mass is 9.96. The third-order valence-electron chi connectivity index (χ3n) is 5.96. The molecule has 0 radical (unpaired) electrons. The highest BCUT2D eigenvalue weighted by Crippen LogP contribution is 2.40. The topological polar surface area (TPSA) is 66.0 Å². The first kappa shape index (κ1) is 20.3. The Bertz CT molecular complexity index is 1030. The number of nitrogens with zero attached hydrogens (tertiary/aromatic N) is 4. The predicted octanol–water partition coefficient (Wildman–Crippen LogP) is 4.56. The predicted molar refractivity (Wildman–Crippen MR) is 124 cm³/mol. The Balaban J connectivity index is 1.52. The maximum Gasteiger partial charge on any atom is 0.223 e. The SMILES string of the molecule is Fc1ccccc1-c1nc(N2CCNCC2)sc1-c1ccnc(NC2CCCCC2)n1. The van der Waals surface area contributed by atoms with Crippen molar-refractivity contribution in [2.24, 2.45) is 0 Å². The number of piperazine rings is 1. The highest BCUT2D eigenvalue weighted by Gasteiger charge is 2.23. The van der Waals surface area contributed by atoms with Crippen LogP contribution in [0, 0.1) is 5.82 Å². The Labute approximate surface area is 186 Å². The average Bonchev–Trinajstić information content (AvgIpc) is 3.26. The monoisotopic (exact) mass is 438 g/mol. The summed E-state index contributed by atoms with van der Waals surface area (Å²) in [7, 11) is 0. The van der Waals surface area contributed by atoms with Crippen molar-refractivity contribution in [2.45, 2.75) is 38.1 Å². The second-order valence-corrected chi connectivity index (χ2v) is 9.11. The summed E-state index contributed by atoms with van der Waals surface area (Å²) in [5.41, 5.74) is 1.94. The lowest BCUT2D eigenvalue weighted by Crippen LogP contribution is -2.43. The molecule has 2 aliphatic rings. The fourth-order valence-electron chi connectivity index (χ4n) is 4.29. The number of benzene rings is 1. The minimum Gasteiger partial charge on any atom is -0.351 e. The van der Waals surface area contributed by atoms with Gasteiger partial charge in [0, 0.05) is 44.0 Å². The van der Waals surface area contributed by atoms with E-state index in [4.69, 9.17) is 9.97 Å². The van der Waals surface area contributed by atoms with Crippen LogP contribution >= 0.6 is 11.3 Å². The highest BCUT2D eigenvalue weighted by atomic mass is 32.1. The summed E-state index contributed by atoms with van der Waals surface area (Å²) >= 11 is 1.58. The van der Waals surface area contributed by atoms with Crippen LogP contribution in [-0.4, -0.2) is 47.2 Å². The summed E-state index contributed by atoms with van der Waals surface area (Å²) in [6, 6.07) is 9.15. The molecule has 1 aliphatic carbocycles. The Morgan fingerprint density at radius 1 is 1.03 bits per heavy atom. The van der Waals surface area contributed by atoms with Crippen LogP contribution in [0.1, 0.15) is 32.1 Å². The Morgan fingerprint density at radius 2 is 1.84 bits per heavy atom. The minimum absolute atomic E-state index is 0.268. The summed E-state index contributed by atoms with van der Waals surface area (Å²) in [6.45, 7) is 3.63. The molecule has 162 valence electrons. The lowest BCUT2D eigenvalue weighted by Gasteiger charge is -2.26. The van der Waals surface area contributed by atoms with E-state index in [0.29, 0.717) is 23.2 Å². The fraction of sp³-hybridized carbons (Fsp3) is 0.435. The lowest BCUT2D eigenvalue weighted by molar-refractivity contribution is 0.461. The number of halogens is 1. The molecule has 0 atom stereocenters. The maximum absolute atomic E-state index is 14.7. The van der Waals surface area contributed by atoms with Crippen LogP contribution < -0.4 is 15.5 Å². The van der Waals surface area contributed by atoms with Gasteiger partial charge in [0.25, 0.3) is 0 Å². The number of rotatable bonds is 5. The van der Waals surface area contributed by atoms with Gasteiger partial charge in [-0.25, -0.2) is 19.3 Å². The molecule has 1 saturated carbocycles. The van der Waals surface area contributed by atoms with Crippen LogP contribution in [0.25, 0.3) is 21.8 Å².